The van der Waals surface area contributed by atoms with Crippen LogP contribution in [-0.4, -0.2) is 13.1 Å². The molecule has 0 heterocycles. The molecule has 2 heteroatoms. The molecule has 0 bridgehead atoms. The smallest absolute Gasteiger partial charge is 0.123 e. The minimum absolute atomic E-state index is 0.176. The van der Waals surface area contributed by atoms with E-state index in [9.17, 15) is 4.39 Å². The van der Waals surface area contributed by atoms with Crippen molar-refractivity contribution in [2.45, 2.75) is 41.5 Å². The van der Waals surface area contributed by atoms with E-state index in [0.717, 1.165) is 18.8 Å². The van der Waals surface area contributed by atoms with Gasteiger partial charge in [0.15, 0.2) is 0 Å². The molecule has 0 spiro atoms. The Kier molecular flexibility index (Phi) is 4.41. The Morgan fingerprint density at radius 1 is 0.833 bits per heavy atom. The number of hydrogen-bond donors (Lipinski definition) is 0. The predicted octanol–water partition coefficient (Wildman–Crippen LogP) is 4.72. The lowest BCUT2D eigenvalue weighted by Gasteiger charge is -2.36. The van der Waals surface area contributed by atoms with Crippen molar-refractivity contribution in [2.24, 2.45) is 10.8 Å². The third-order valence-corrected chi connectivity index (χ3v) is 2.52. The molecule has 102 valence electrons. The zero-order valence-corrected chi connectivity index (χ0v) is 12.5. The molecular formula is C16H26FN. The molecule has 1 aromatic carbocycles. The number of rotatable bonds is 3. The number of anilines is 1. The molecular weight excluding hydrogens is 225 g/mol. The highest BCUT2D eigenvalue weighted by Crippen LogP contribution is 2.26. The van der Waals surface area contributed by atoms with Gasteiger partial charge in [-0.3, -0.25) is 0 Å². The summed E-state index contributed by atoms with van der Waals surface area (Å²) in [5.41, 5.74) is 1.54. The third-order valence-electron chi connectivity index (χ3n) is 2.52. The van der Waals surface area contributed by atoms with Gasteiger partial charge in [-0.25, -0.2) is 4.39 Å². The lowest BCUT2D eigenvalue weighted by Crippen LogP contribution is -2.38. The van der Waals surface area contributed by atoms with Crippen LogP contribution in [0.1, 0.15) is 41.5 Å². The first-order chi connectivity index (χ1) is 8.07. The van der Waals surface area contributed by atoms with Crippen LogP contribution in [0.4, 0.5) is 10.1 Å². The molecule has 0 saturated carbocycles. The van der Waals surface area contributed by atoms with Gasteiger partial charge in [0.05, 0.1) is 0 Å². The first-order valence-electron chi connectivity index (χ1n) is 6.57. The quantitative estimate of drug-likeness (QED) is 0.751. The highest BCUT2D eigenvalue weighted by molar-refractivity contribution is 5.46. The Bertz CT molecular complexity index is 352. The highest BCUT2D eigenvalue weighted by atomic mass is 19.1. The summed E-state index contributed by atoms with van der Waals surface area (Å²) in [6.45, 7) is 15.3. The fourth-order valence-electron chi connectivity index (χ4n) is 2.04. The maximum Gasteiger partial charge on any atom is 0.123 e. The molecule has 1 aromatic rings. The van der Waals surface area contributed by atoms with Crippen molar-refractivity contribution in [3.8, 4) is 0 Å². The molecule has 1 rings (SSSR count). The minimum Gasteiger partial charge on any atom is -0.370 e. The minimum atomic E-state index is -0.176. The molecule has 0 atom stereocenters. The van der Waals surface area contributed by atoms with E-state index < -0.39 is 0 Å². The van der Waals surface area contributed by atoms with Gasteiger partial charge in [-0.05, 0) is 35.1 Å². The first-order valence-corrected chi connectivity index (χ1v) is 6.57. The average molecular weight is 251 g/mol. The van der Waals surface area contributed by atoms with Crippen LogP contribution in [-0.2, 0) is 0 Å². The Labute approximate surface area is 111 Å². The normalized spacial score (nSPS) is 12.6. The average Bonchev–Trinajstić information content (AvgIpc) is 2.13. The van der Waals surface area contributed by atoms with Crippen LogP contribution in [0.2, 0.25) is 0 Å². The van der Waals surface area contributed by atoms with Gasteiger partial charge < -0.3 is 4.90 Å². The molecule has 0 saturated heterocycles. The molecule has 0 unspecified atom stereocenters. The van der Waals surface area contributed by atoms with Crippen LogP contribution in [0.3, 0.4) is 0 Å². The molecule has 1 nitrogen and oxygen atoms in total. The molecule has 0 aliphatic carbocycles. The van der Waals surface area contributed by atoms with Crippen molar-refractivity contribution in [3.63, 3.8) is 0 Å². The zero-order valence-electron chi connectivity index (χ0n) is 12.5. The van der Waals surface area contributed by atoms with Gasteiger partial charge in [0.25, 0.3) is 0 Å². The van der Waals surface area contributed by atoms with Gasteiger partial charge >= 0.3 is 0 Å². The standard InChI is InChI=1S/C16H26FN/c1-15(2,3)11-18(12-16(4,5)6)14-9-7-13(17)8-10-14/h7-10H,11-12H2,1-6H3. The molecule has 0 N–H and O–H groups in total. The van der Waals surface area contributed by atoms with Gasteiger partial charge in [0.1, 0.15) is 5.82 Å². The Balaban J connectivity index is 2.93. The summed E-state index contributed by atoms with van der Waals surface area (Å²) in [4.78, 5) is 2.35. The van der Waals surface area contributed by atoms with E-state index in [1.165, 1.54) is 12.1 Å². The first kappa shape index (κ1) is 15.0. The summed E-state index contributed by atoms with van der Waals surface area (Å²) in [7, 11) is 0. The van der Waals surface area contributed by atoms with Gasteiger partial charge in [0.2, 0.25) is 0 Å². The Hall–Kier alpha value is -1.05. The molecule has 0 aliphatic heterocycles. The summed E-state index contributed by atoms with van der Waals surface area (Å²) in [6.07, 6.45) is 0. The lowest BCUT2D eigenvalue weighted by atomic mass is 9.91. The largest absolute Gasteiger partial charge is 0.370 e. The molecule has 0 aliphatic rings. The molecule has 0 fully saturated rings. The maximum absolute atomic E-state index is 13.0. The summed E-state index contributed by atoms with van der Waals surface area (Å²) in [5, 5.41) is 0. The SMILES string of the molecule is CC(C)(C)CN(CC(C)(C)C)c1ccc(F)cc1. The van der Waals surface area contributed by atoms with Crippen molar-refractivity contribution >= 4 is 5.69 Å². The third kappa shape index (κ3) is 5.52. The van der Waals surface area contributed by atoms with Gasteiger partial charge in [0, 0.05) is 18.8 Å². The van der Waals surface area contributed by atoms with E-state index in [4.69, 9.17) is 0 Å². The number of hydrogen-bond acceptors (Lipinski definition) is 1. The number of halogens is 1. The van der Waals surface area contributed by atoms with E-state index in [1.54, 1.807) is 0 Å². The predicted molar refractivity (Wildman–Crippen MR) is 77.5 cm³/mol. The summed E-state index contributed by atoms with van der Waals surface area (Å²) in [6, 6.07) is 6.81. The maximum atomic E-state index is 13.0. The van der Waals surface area contributed by atoms with Crippen molar-refractivity contribution in [1.29, 1.82) is 0 Å². The Morgan fingerprint density at radius 2 is 1.22 bits per heavy atom. The van der Waals surface area contributed by atoms with E-state index in [-0.39, 0.29) is 16.6 Å². The van der Waals surface area contributed by atoms with E-state index in [2.05, 4.69) is 46.4 Å². The van der Waals surface area contributed by atoms with Crippen LogP contribution in [0.5, 0.6) is 0 Å². The van der Waals surface area contributed by atoms with Crippen molar-refractivity contribution in [2.75, 3.05) is 18.0 Å². The zero-order chi connectivity index (χ0) is 14.0. The fourth-order valence-corrected chi connectivity index (χ4v) is 2.04. The van der Waals surface area contributed by atoms with Crippen molar-refractivity contribution < 1.29 is 4.39 Å². The second-order valence-corrected chi connectivity index (χ2v) is 7.45. The van der Waals surface area contributed by atoms with Crippen LogP contribution < -0.4 is 4.90 Å². The van der Waals surface area contributed by atoms with E-state index >= 15 is 0 Å². The molecule has 0 radical (unpaired) electrons. The Morgan fingerprint density at radius 3 is 1.56 bits per heavy atom. The van der Waals surface area contributed by atoms with Crippen LogP contribution in [0, 0.1) is 16.6 Å². The summed E-state index contributed by atoms with van der Waals surface area (Å²) >= 11 is 0. The fraction of sp³-hybridized carbons (Fsp3) is 0.625. The van der Waals surface area contributed by atoms with E-state index in [0.29, 0.717) is 0 Å². The second kappa shape index (κ2) is 5.29. The highest BCUT2D eigenvalue weighted by Gasteiger charge is 2.21. The molecule has 0 aromatic heterocycles. The van der Waals surface area contributed by atoms with Crippen LogP contribution in [0.15, 0.2) is 24.3 Å². The van der Waals surface area contributed by atoms with Crippen molar-refractivity contribution in [3.05, 3.63) is 30.1 Å². The monoisotopic (exact) mass is 251 g/mol. The van der Waals surface area contributed by atoms with E-state index in [1.807, 2.05) is 12.1 Å². The van der Waals surface area contributed by atoms with Crippen molar-refractivity contribution in [1.82, 2.24) is 0 Å². The second-order valence-electron chi connectivity index (χ2n) is 7.45. The summed E-state index contributed by atoms with van der Waals surface area (Å²) in [5.74, 6) is -0.176. The van der Waals surface area contributed by atoms with Gasteiger partial charge in [-0.1, -0.05) is 41.5 Å². The summed E-state index contributed by atoms with van der Waals surface area (Å²) < 4.78 is 13.0. The van der Waals surface area contributed by atoms with Gasteiger partial charge in [-0.15, -0.1) is 0 Å². The molecule has 18 heavy (non-hydrogen) atoms. The van der Waals surface area contributed by atoms with Crippen LogP contribution >= 0.6 is 0 Å². The molecule has 0 amide bonds. The lowest BCUT2D eigenvalue weighted by molar-refractivity contribution is 0.357. The topological polar surface area (TPSA) is 3.24 Å². The van der Waals surface area contributed by atoms with Crippen LogP contribution in [0.25, 0.3) is 0 Å². The number of nitrogens with zero attached hydrogens (tertiary/aromatic N) is 1. The number of benzene rings is 1. The van der Waals surface area contributed by atoms with Gasteiger partial charge in [-0.2, -0.15) is 0 Å².